The van der Waals surface area contributed by atoms with E-state index in [2.05, 4.69) is 10.5 Å². The quantitative estimate of drug-likeness (QED) is 0.843. The number of nitrogens with zero attached hydrogens (tertiary/aromatic N) is 2. The van der Waals surface area contributed by atoms with Crippen LogP contribution < -0.4 is 10.1 Å². The van der Waals surface area contributed by atoms with Gasteiger partial charge in [-0.3, -0.25) is 15.0 Å². The number of ether oxygens (including phenoxy) is 1. The molecule has 0 aliphatic rings. The van der Waals surface area contributed by atoms with Crippen molar-refractivity contribution in [1.82, 2.24) is 10.1 Å². The molecule has 1 amide bonds. The summed E-state index contributed by atoms with van der Waals surface area (Å²) in [5.74, 6) is 1.05. The van der Waals surface area contributed by atoms with Crippen molar-refractivity contribution in [2.45, 2.75) is 6.92 Å². The number of rotatable bonds is 7. The number of para-hydroxylation sites is 1. The Morgan fingerprint density at radius 2 is 2.14 bits per heavy atom. The molecule has 0 atom stereocenters. The van der Waals surface area contributed by atoms with Crippen LogP contribution in [0.3, 0.4) is 0 Å². The van der Waals surface area contributed by atoms with Crippen LogP contribution in [0.4, 0.5) is 5.88 Å². The standard InChI is InChI=1S/C15H19N3O3/c1-12-10-15(21-17-12)16-14(19)11-18(2)8-9-20-13-6-4-3-5-7-13/h3-7,10H,8-9,11H2,1-2H3,(H,16,19). The van der Waals surface area contributed by atoms with E-state index in [4.69, 9.17) is 9.26 Å². The predicted molar refractivity (Wildman–Crippen MR) is 79.3 cm³/mol. The van der Waals surface area contributed by atoms with Crippen molar-refractivity contribution in [3.63, 3.8) is 0 Å². The molecular formula is C15H19N3O3. The number of benzene rings is 1. The normalized spacial score (nSPS) is 10.6. The maximum absolute atomic E-state index is 11.8. The minimum Gasteiger partial charge on any atom is -0.492 e. The number of carbonyl (C=O) groups is 1. The number of likely N-dealkylation sites (N-methyl/N-ethyl adjacent to an activating group) is 1. The van der Waals surface area contributed by atoms with Gasteiger partial charge in [-0.05, 0) is 26.1 Å². The van der Waals surface area contributed by atoms with Crippen molar-refractivity contribution in [1.29, 1.82) is 0 Å². The summed E-state index contributed by atoms with van der Waals surface area (Å²) in [6.45, 7) is 3.23. The lowest BCUT2D eigenvalue weighted by molar-refractivity contribution is -0.117. The summed E-state index contributed by atoms with van der Waals surface area (Å²) in [6, 6.07) is 11.3. The Kier molecular flexibility index (Phi) is 5.34. The van der Waals surface area contributed by atoms with E-state index in [1.807, 2.05) is 42.3 Å². The van der Waals surface area contributed by atoms with Crippen LogP contribution in [-0.2, 0) is 4.79 Å². The third kappa shape index (κ3) is 5.27. The molecule has 2 rings (SSSR count). The minimum atomic E-state index is -0.145. The van der Waals surface area contributed by atoms with Crippen molar-refractivity contribution in [3.8, 4) is 5.75 Å². The van der Waals surface area contributed by atoms with Gasteiger partial charge in [0.15, 0.2) is 0 Å². The molecule has 1 aromatic carbocycles. The van der Waals surface area contributed by atoms with Gasteiger partial charge in [0.2, 0.25) is 11.8 Å². The van der Waals surface area contributed by atoms with Crippen molar-refractivity contribution in [2.24, 2.45) is 0 Å². The smallest absolute Gasteiger partial charge is 0.240 e. The van der Waals surface area contributed by atoms with E-state index in [0.717, 1.165) is 11.4 Å². The molecule has 112 valence electrons. The van der Waals surface area contributed by atoms with Crippen LogP contribution >= 0.6 is 0 Å². The van der Waals surface area contributed by atoms with Gasteiger partial charge in [0, 0.05) is 12.6 Å². The molecule has 0 aliphatic carbocycles. The molecule has 1 N–H and O–H groups in total. The maximum atomic E-state index is 11.8. The number of aromatic nitrogens is 1. The average molecular weight is 289 g/mol. The molecule has 21 heavy (non-hydrogen) atoms. The molecule has 0 radical (unpaired) electrons. The van der Waals surface area contributed by atoms with Gasteiger partial charge in [-0.25, -0.2) is 0 Å². The summed E-state index contributed by atoms with van der Waals surface area (Å²) in [4.78, 5) is 13.7. The van der Waals surface area contributed by atoms with E-state index < -0.39 is 0 Å². The number of nitrogens with one attached hydrogen (secondary N) is 1. The largest absolute Gasteiger partial charge is 0.492 e. The van der Waals surface area contributed by atoms with Crippen LogP contribution in [0.1, 0.15) is 5.69 Å². The number of carbonyl (C=O) groups excluding carboxylic acids is 1. The van der Waals surface area contributed by atoms with Crippen LogP contribution in [0, 0.1) is 6.92 Å². The second kappa shape index (κ2) is 7.44. The first kappa shape index (κ1) is 15.1. The summed E-state index contributed by atoms with van der Waals surface area (Å²) < 4.78 is 10.5. The highest BCUT2D eigenvalue weighted by Gasteiger charge is 2.09. The first-order valence-corrected chi connectivity index (χ1v) is 6.73. The molecule has 0 saturated carbocycles. The zero-order chi connectivity index (χ0) is 15.1. The average Bonchev–Trinajstić information content (AvgIpc) is 2.85. The van der Waals surface area contributed by atoms with Gasteiger partial charge in [-0.15, -0.1) is 0 Å². The molecule has 1 heterocycles. The molecule has 6 heteroatoms. The Balaban J connectivity index is 1.67. The number of amides is 1. The molecule has 6 nitrogen and oxygen atoms in total. The Bertz CT molecular complexity index is 569. The van der Waals surface area contributed by atoms with Gasteiger partial charge in [-0.1, -0.05) is 23.4 Å². The summed E-state index contributed by atoms with van der Waals surface area (Å²) in [7, 11) is 1.86. The highest BCUT2D eigenvalue weighted by molar-refractivity contribution is 5.90. The van der Waals surface area contributed by atoms with E-state index >= 15 is 0 Å². The summed E-state index contributed by atoms with van der Waals surface area (Å²) in [5, 5.41) is 6.36. The van der Waals surface area contributed by atoms with Gasteiger partial charge < -0.3 is 9.26 Å². The third-order valence-electron chi connectivity index (χ3n) is 2.79. The lowest BCUT2D eigenvalue weighted by Crippen LogP contribution is -2.33. The molecule has 0 saturated heterocycles. The van der Waals surface area contributed by atoms with E-state index in [9.17, 15) is 4.79 Å². The molecular weight excluding hydrogens is 270 g/mol. The predicted octanol–water partition coefficient (Wildman–Crippen LogP) is 1.93. The SMILES string of the molecule is Cc1cc(NC(=O)CN(C)CCOc2ccccc2)on1. The summed E-state index contributed by atoms with van der Waals surface area (Å²) in [6.07, 6.45) is 0. The fourth-order valence-electron chi connectivity index (χ4n) is 1.76. The van der Waals surface area contributed by atoms with E-state index in [1.54, 1.807) is 13.0 Å². The molecule has 0 unspecified atom stereocenters. The zero-order valence-corrected chi connectivity index (χ0v) is 12.2. The number of anilines is 1. The maximum Gasteiger partial charge on any atom is 0.240 e. The summed E-state index contributed by atoms with van der Waals surface area (Å²) in [5.41, 5.74) is 0.731. The van der Waals surface area contributed by atoms with E-state index in [-0.39, 0.29) is 12.5 Å². The summed E-state index contributed by atoms with van der Waals surface area (Å²) >= 11 is 0. The minimum absolute atomic E-state index is 0.145. The fourth-order valence-corrected chi connectivity index (χ4v) is 1.76. The van der Waals surface area contributed by atoms with E-state index in [1.165, 1.54) is 0 Å². The first-order valence-electron chi connectivity index (χ1n) is 6.73. The van der Waals surface area contributed by atoms with Gasteiger partial charge in [-0.2, -0.15) is 0 Å². The Hall–Kier alpha value is -2.34. The highest BCUT2D eigenvalue weighted by Crippen LogP contribution is 2.09. The molecule has 2 aromatic rings. The van der Waals surface area contributed by atoms with Crippen LogP contribution in [0.5, 0.6) is 5.75 Å². The number of hydrogen-bond donors (Lipinski definition) is 1. The van der Waals surface area contributed by atoms with Gasteiger partial charge in [0.25, 0.3) is 0 Å². The lowest BCUT2D eigenvalue weighted by Gasteiger charge is -2.16. The Morgan fingerprint density at radius 1 is 1.38 bits per heavy atom. The van der Waals surface area contributed by atoms with Crippen LogP contribution in [0.25, 0.3) is 0 Å². The Labute approximate surface area is 123 Å². The molecule has 1 aromatic heterocycles. The second-order valence-corrected chi connectivity index (χ2v) is 4.78. The first-order chi connectivity index (χ1) is 10.1. The molecule has 0 bridgehead atoms. The van der Waals surface area contributed by atoms with Gasteiger partial charge in [0.05, 0.1) is 12.2 Å². The molecule has 0 aliphatic heterocycles. The Morgan fingerprint density at radius 3 is 2.81 bits per heavy atom. The molecule has 0 fully saturated rings. The topological polar surface area (TPSA) is 67.6 Å². The second-order valence-electron chi connectivity index (χ2n) is 4.78. The van der Waals surface area contributed by atoms with Crippen molar-refractivity contribution < 1.29 is 14.1 Å². The third-order valence-corrected chi connectivity index (χ3v) is 2.79. The zero-order valence-electron chi connectivity index (χ0n) is 12.2. The fraction of sp³-hybridized carbons (Fsp3) is 0.333. The van der Waals surface area contributed by atoms with Crippen molar-refractivity contribution in [3.05, 3.63) is 42.1 Å². The monoisotopic (exact) mass is 289 g/mol. The van der Waals surface area contributed by atoms with Gasteiger partial charge >= 0.3 is 0 Å². The van der Waals surface area contributed by atoms with Crippen molar-refractivity contribution >= 4 is 11.8 Å². The van der Waals surface area contributed by atoms with Crippen molar-refractivity contribution in [2.75, 3.05) is 32.1 Å². The number of hydrogen-bond acceptors (Lipinski definition) is 5. The highest BCUT2D eigenvalue weighted by atomic mass is 16.5. The molecule has 0 spiro atoms. The van der Waals surface area contributed by atoms with Crippen LogP contribution in [0.15, 0.2) is 40.9 Å². The van der Waals surface area contributed by atoms with Crippen LogP contribution in [-0.4, -0.2) is 42.7 Å². The number of aryl methyl sites for hydroxylation is 1. The van der Waals surface area contributed by atoms with E-state index in [0.29, 0.717) is 19.0 Å². The van der Waals surface area contributed by atoms with Gasteiger partial charge in [0.1, 0.15) is 12.4 Å². The van der Waals surface area contributed by atoms with Crippen LogP contribution in [0.2, 0.25) is 0 Å². The lowest BCUT2D eigenvalue weighted by atomic mass is 10.3.